The van der Waals surface area contributed by atoms with Crippen LogP contribution in [0.1, 0.15) is 31.7 Å². The van der Waals surface area contributed by atoms with Gasteiger partial charge in [-0.15, -0.1) is 12.4 Å². The highest BCUT2D eigenvalue weighted by Crippen LogP contribution is 2.35. The minimum Gasteiger partial charge on any atom is -0.346 e. The van der Waals surface area contributed by atoms with Gasteiger partial charge in [-0.1, -0.05) is 25.0 Å². The minimum atomic E-state index is -0.357. The Morgan fingerprint density at radius 3 is 2.62 bits per heavy atom. The second kappa shape index (κ2) is 8.12. The summed E-state index contributed by atoms with van der Waals surface area (Å²) in [5.74, 6) is -0.115. The van der Waals surface area contributed by atoms with Crippen molar-refractivity contribution >= 4 is 41.2 Å². The third-order valence-corrected chi connectivity index (χ3v) is 4.17. The number of hydrogen-bond donors (Lipinski definition) is 3. The predicted molar refractivity (Wildman–Crippen MR) is 95.2 cm³/mol. The lowest BCUT2D eigenvalue weighted by atomic mass is 10.2. The summed E-state index contributed by atoms with van der Waals surface area (Å²) in [5.41, 5.74) is 7.10. The van der Waals surface area contributed by atoms with Gasteiger partial charge in [-0.25, -0.2) is 4.98 Å². The first-order valence-corrected chi connectivity index (χ1v) is 7.92. The fourth-order valence-electron chi connectivity index (χ4n) is 3.08. The molecule has 1 aliphatic carbocycles. The molecule has 2 aromatic rings. The Kier molecular flexibility index (Phi) is 6.16. The van der Waals surface area contributed by atoms with E-state index in [2.05, 4.69) is 20.2 Å². The molecule has 0 saturated heterocycles. The maximum Gasteiger partial charge on any atom is 0.246 e. The molecule has 0 spiro atoms. The normalized spacial score (nSPS) is 14.4. The summed E-state index contributed by atoms with van der Waals surface area (Å²) >= 11 is 0. The first kappa shape index (κ1) is 18.2. The molecule has 130 valence electrons. The summed E-state index contributed by atoms with van der Waals surface area (Å²) in [4.78, 5) is 27.7. The quantitative estimate of drug-likeness (QED) is 0.761. The molecule has 1 aromatic carbocycles. The molecular formula is C16H22ClN5O2. The topological polar surface area (TPSA) is 102 Å². The number of carbonyl (C=O) groups excluding carboxylic acids is 2. The molecule has 0 unspecified atom stereocenters. The number of nitrogens with two attached hydrogens (primary N) is 1. The summed E-state index contributed by atoms with van der Waals surface area (Å²) in [6.07, 6.45) is 4.56. The number of fused-ring (bicyclic) bond motifs is 1. The SMILES string of the molecule is Cl.NCC(=O)NCC(=O)Nc1nc2ccccc2n1C1CCCC1. The van der Waals surface area contributed by atoms with E-state index in [1.165, 1.54) is 12.8 Å². The van der Waals surface area contributed by atoms with Crippen LogP contribution in [0, 0.1) is 0 Å². The maximum atomic E-state index is 12.1. The van der Waals surface area contributed by atoms with E-state index in [-0.39, 0.29) is 37.3 Å². The van der Waals surface area contributed by atoms with Crippen molar-refractivity contribution < 1.29 is 9.59 Å². The molecule has 1 fully saturated rings. The smallest absolute Gasteiger partial charge is 0.246 e. The number of para-hydroxylation sites is 2. The van der Waals surface area contributed by atoms with E-state index in [0.717, 1.165) is 23.9 Å². The van der Waals surface area contributed by atoms with Crippen LogP contribution < -0.4 is 16.4 Å². The fraction of sp³-hybridized carbons (Fsp3) is 0.438. The molecule has 1 aliphatic rings. The number of aromatic nitrogens is 2. The Morgan fingerprint density at radius 1 is 1.21 bits per heavy atom. The van der Waals surface area contributed by atoms with Gasteiger partial charge in [0.05, 0.1) is 24.1 Å². The van der Waals surface area contributed by atoms with E-state index >= 15 is 0 Å². The zero-order valence-corrected chi connectivity index (χ0v) is 14.1. The Morgan fingerprint density at radius 2 is 1.92 bits per heavy atom. The largest absolute Gasteiger partial charge is 0.346 e. The molecule has 8 heteroatoms. The highest BCUT2D eigenvalue weighted by Gasteiger charge is 2.23. The zero-order chi connectivity index (χ0) is 16.2. The number of halogens is 1. The number of nitrogens with one attached hydrogen (secondary N) is 2. The summed E-state index contributed by atoms with van der Waals surface area (Å²) in [5, 5.41) is 5.28. The van der Waals surface area contributed by atoms with Crippen molar-refractivity contribution in [2.24, 2.45) is 5.73 Å². The van der Waals surface area contributed by atoms with E-state index in [1.807, 2.05) is 24.3 Å². The van der Waals surface area contributed by atoms with Crippen molar-refractivity contribution in [3.8, 4) is 0 Å². The molecule has 3 rings (SSSR count). The lowest BCUT2D eigenvalue weighted by molar-refractivity contribution is -0.123. The Balaban J connectivity index is 0.00000208. The molecule has 2 amide bonds. The summed E-state index contributed by atoms with van der Waals surface area (Å²) in [6.45, 7) is -0.238. The molecular weight excluding hydrogens is 330 g/mol. The highest BCUT2D eigenvalue weighted by molar-refractivity contribution is 5.95. The Bertz CT molecular complexity index is 724. The van der Waals surface area contributed by atoms with Crippen LogP contribution >= 0.6 is 12.4 Å². The second-order valence-corrected chi connectivity index (χ2v) is 5.76. The van der Waals surface area contributed by atoms with Gasteiger partial charge < -0.3 is 15.6 Å². The van der Waals surface area contributed by atoms with Crippen LogP contribution in [0.3, 0.4) is 0 Å². The van der Waals surface area contributed by atoms with Gasteiger partial charge in [0.1, 0.15) is 0 Å². The summed E-state index contributed by atoms with van der Waals surface area (Å²) < 4.78 is 2.12. The average molecular weight is 352 g/mol. The van der Waals surface area contributed by atoms with Crippen molar-refractivity contribution in [1.82, 2.24) is 14.9 Å². The van der Waals surface area contributed by atoms with Crippen molar-refractivity contribution in [1.29, 1.82) is 0 Å². The maximum absolute atomic E-state index is 12.1. The molecule has 4 N–H and O–H groups in total. The van der Waals surface area contributed by atoms with Gasteiger partial charge in [0, 0.05) is 6.04 Å². The van der Waals surface area contributed by atoms with E-state index in [1.54, 1.807) is 0 Å². The van der Waals surface area contributed by atoms with Crippen molar-refractivity contribution in [2.75, 3.05) is 18.4 Å². The van der Waals surface area contributed by atoms with Crippen LogP contribution in [0.4, 0.5) is 5.95 Å². The standard InChI is InChI=1S/C16H21N5O2.ClH/c17-9-14(22)18-10-15(23)20-16-19-12-7-3-4-8-13(12)21(16)11-5-1-2-6-11;/h3-4,7-8,11H,1-2,5-6,9-10,17H2,(H,18,22)(H,19,20,23);1H. The lowest BCUT2D eigenvalue weighted by Crippen LogP contribution is -2.37. The van der Waals surface area contributed by atoms with Crippen LogP contribution in [-0.2, 0) is 9.59 Å². The first-order chi connectivity index (χ1) is 11.2. The Hall–Kier alpha value is -2.12. The number of imidazole rings is 1. The number of carbonyl (C=O) groups is 2. The minimum absolute atomic E-state index is 0. The molecule has 0 atom stereocenters. The van der Waals surface area contributed by atoms with Crippen molar-refractivity contribution in [3.63, 3.8) is 0 Å². The molecule has 24 heavy (non-hydrogen) atoms. The van der Waals surface area contributed by atoms with Gasteiger partial charge in [0.25, 0.3) is 0 Å². The van der Waals surface area contributed by atoms with Gasteiger partial charge in [-0.05, 0) is 25.0 Å². The number of benzene rings is 1. The predicted octanol–water partition coefficient (Wildman–Crippen LogP) is 1.59. The number of amides is 2. The van der Waals surface area contributed by atoms with E-state index in [0.29, 0.717) is 12.0 Å². The molecule has 1 heterocycles. The van der Waals surface area contributed by atoms with Gasteiger partial charge in [-0.2, -0.15) is 0 Å². The number of anilines is 1. The fourth-order valence-corrected chi connectivity index (χ4v) is 3.08. The number of nitrogens with zero attached hydrogens (tertiary/aromatic N) is 2. The Labute approximate surface area is 146 Å². The molecule has 0 bridgehead atoms. The monoisotopic (exact) mass is 351 g/mol. The number of rotatable bonds is 5. The third kappa shape index (κ3) is 3.85. The van der Waals surface area contributed by atoms with Gasteiger partial charge in [0.15, 0.2) is 0 Å². The molecule has 1 saturated carbocycles. The number of hydrogen-bond acceptors (Lipinski definition) is 4. The molecule has 0 radical (unpaired) electrons. The third-order valence-electron chi connectivity index (χ3n) is 4.17. The lowest BCUT2D eigenvalue weighted by Gasteiger charge is -2.16. The van der Waals surface area contributed by atoms with Crippen molar-refractivity contribution in [2.45, 2.75) is 31.7 Å². The van der Waals surface area contributed by atoms with Crippen molar-refractivity contribution in [3.05, 3.63) is 24.3 Å². The highest BCUT2D eigenvalue weighted by atomic mass is 35.5. The first-order valence-electron chi connectivity index (χ1n) is 7.92. The van der Waals surface area contributed by atoms with Gasteiger partial charge >= 0.3 is 0 Å². The van der Waals surface area contributed by atoms with Gasteiger partial charge in [-0.3, -0.25) is 14.9 Å². The molecule has 0 aliphatic heterocycles. The molecule has 7 nitrogen and oxygen atoms in total. The second-order valence-electron chi connectivity index (χ2n) is 5.76. The van der Waals surface area contributed by atoms with Crippen LogP contribution in [0.5, 0.6) is 0 Å². The van der Waals surface area contributed by atoms with E-state index in [4.69, 9.17) is 5.73 Å². The van der Waals surface area contributed by atoms with Gasteiger partial charge in [0.2, 0.25) is 17.8 Å². The van der Waals surface area contributed by atoms with E-state index < -0.39 is 0 Å². The van der Waals surface area contributed by atoms with Crippen LogP contribution in [0.2, 0.25) is 0 Å². The summed E-state index contributed by atoms with van der Waals surface area (Å²) in [6, 6.07) is 8.22. The average Bonchev–Trinajstić information content (AvgIpc) is 3.19. The molecule has 1 aromatic heterocycles. The summed E-state index contributed by atoms with van der Waals surface area (Å²) in [7, 11) is 0. The zero-order valence-electron chi connectivity index (χ0n) is 13.3. The van der Waals surface area contributed by atoms with Crippen LogP contribution in [0.25, 0.3) is 11.0 Å². The van der Waals surface area contributed by atoms with Crippen LogP contribution in [-0.4, -0.2) is 34.5 Å². The van der Waals surface area contributed by atoms with E-state index in [9.17, 15) is 9.59 Å². The van der Waals surface area contributed by atoms with Crippen LogP contribution in [0.15, 0.2) is 24.3 Å².